The van der Waals surface area contributed by atoms with Crippen molar-refractivity contribution in [1.29, 1.82) is 0 Å². The molecule has 6 unspecified atom stereocenters. The van der Waals surface area contributed by atoms with Gasteiger partial charge in [-0.05, 0) is 4.57 Å². The molecule has 0 aliphatic carbocycles. The van der Waals surface area contributed by atoms with Crippen LogP contribution in [0.25, 0.3) is 22.3 Å². The van der Waals surface area contributed by atoms with Crippen molar-refractivity contribution in [2.75, 3.05) is 31.0 Å². The van der Waals surface area contributed by atoms with Crippen LogP contribution in [0.2, 0.25) is 0 Å². The fourth-order valence-corrected chi connectivity index (χ4v) is 6.44. The molecule has 25 heteroatoms. The highest BCUT2D eigenvalue weighted by atomic mass is 31.2. The van der Waals surface area contributed by atoms with E-state index in [1.807, 2.05) is 0 Å². The Morgan fingerprint density at radius 1 is 1.00 bits per heavy atom. The molecular weight excluding hydrogens is 662 g/mol. The van der Waals surface area contributed by atoms with E-state index in [1.54, 1.807) is 0 Å². The second kappa shape index (κ2) is 12.6. The molecular formula is C21H27N10O13P2+. The van der Waals surface area contributed by atoms with Crippen molar-refractivity contribution in [3.05, 3.63) is 29.3 Å². The third-order valence-corrected chi connectivity index (χ3v) is 8.58. The Bertz CT molecular complexity index is 1870. The van der Waals surface area contributed by atoms with Crippen LogP contribution in [0.4, 0.5) is 11.8 Å². The molecule has 0 saturated carbocycles. The fourth-order valence-electron chi connectivity index (χ4n) is 5.17. The van der Waals surface area contributed by atoms with Gasteiger partial charge in [-0.15, -0.1) is 0 Å². The summed E-state index contributed by atoms with van der Waals surface area (Å²) in [6.07, 6.45) is -8.77. The van der Waals surface area contributed by atoms with Gasteiger partial charge in [-0.2, -0.15) is 9.88 Å². The Balaban J connectivity index is 1.18. The number of fused-ring (bicyclic) bond motifs is 2. The zero-order valence-corrected chi connectivity index (χ0v) is 24.9. The number of ether oxygens (including phenoxy) is 3. The number of aromatic amines is 1. The van der Waals surface area contributed by atoms with Crippen LogP contribution in [0.1, 0.15) is 12.5 Å². The molecule has 46 heavy (non-hydrogen) atoms. The number of nitrogens with one attached hydrogen (secondary N) is 1. The molecule has 2 fully saturated rings. The van der Waals surface area contributed by atoms with Crippen LogP contribution in [-0.2, 0) is 32.4 Å². The molecule has 10 atom stereocenters. The van der Waals surface area contributed by atoms with Gasteiger partial charge in [0.15, 0.2) is 35.1 Å². The second-order valence-corrected chi connectivity index (χ2v) is 12.5. The number of anilines is 2. The number of imidazole rings is 2. The van der Waals surface area contributed by atoms with Crippen molar-refractivity contribution in [2.24, 2.45) is 0 Å². The number of aliphatic hydroxyl groups excluding tert-OH is 3. The molecule has 248 valence electrons. The first-order chi connectivity index (χ1) is 21.9. The molecule has 23 nitrogen and oxygen atoms in total. The number of nitrogens with two attached hydrogens (primary N) is 2. The predicted octanol–water partition coefficient (Wildman–Crippen LogP) is -2.79. The molecule has 2 saturated heterocycles. The third kappa shape index (κ3) is 5.99. The van der Waals surface area contributed by atoms with E-state index >= 15 is 0 Å². The number of hydrogen-bond donors (Lipinski definition) is 8. The van der Waals surface area contributed by atoms with E-state index in [1.165, 1.54) is 15.5 Å². The quantitative estimate of drug-likeness (QED) is 0.0738. The number of nitrogen functional groups attached to an aromatic ring is 2. The van der Waals surface area contributed by atoms with Gasteiger partial charge in [0.25, 0.3) is 11.9 Å². The van der Waals surface area contributed by atoms with E-state index < -0.39 is 90.1 Å². The topological polar surface area (TPSA) is 341 Å². The fraction of sp³-hybridized carbons (Fsp3) is 0.524. The summed E-state index contributed by atoms with van der Waals surface area (Å²) in [5.74, 6) is -0.199. The molecule has 4 aromatic heterocycles. The average Bonchev–Trinajstić information content (AvgIpc) is 3.76. The van der Waals surface area contributed by atoms with Gasteiger partial charge < -0.3 is 45.9 Å². The highest BCUT2D eigenvalue weighted by Gasteiger charge is 2.51. The Kier molecular flexibility index (Phi) is 8.84. The summed E-state index contributed by atoms with van der Waals surface area (Å²) >= 11 is 0. The maximum atomic E-state index is 13.0. The number of phosphoric acid groups is 1. The zero-order chi connectivity index (χ0) is 32.9. The first kappa shape index (κ1) is 32.4. The molecule has 2 aliphatic heterocycles. The lowest BCUT2D eigenvalue weighted by Crippen LogP contribution is -2.37. The summed E-state index contributed by atoms with van der Waals surface area (Å²) in [5.41, 5.74) is 10.9. The largest absolute Gasteiger partial charge is 0.534 e. The SMILES string of the molecule is Nc1nc2c(ncn2[C@@H]2O[C@H](COP(=O)(O)OC3C(O)[C@H](n4cnc5c(N)ncnc54)O[C@@H]3CO)C(O)C2OC[P+](=O)O)c(=O)[nH]1. The maximum absolute atomic E-state index is 13.0. The Hall–Kier alpha value is -3.57. The minimum atomic E-state index is -5.08. The molecule has 0 bridgehead atoms. The number of rotatable bonds is 11. The molecule has 6 heterocycles. The number of H-pyrrole nitrogens is 1. The molecule has 4 aromatic rings. The molecule has 2 aliphatic rings. The van der Waals surface area contributed by atoms with Gasteiger partial charge >= 0.3 is 15.9 Å². The normalized spacial score (nSPS) is 29.9. The van der Waals surface area contributed by atoms with Gasteiger partial charge in [0.05, 0.1) is 25.9 Å². The van der Waals surface area contributed by atoms with E-state index in [9.17, 15) is 39.0 Å². The van der Waals surface area contributed by atoms with Crippen LogP contribution < -0.4 is 17.0 Å². The molecule has 6 rings (SSSR count). The number of nitrogens with zero attached hydrogens (tertiary/aromatic N) is 7. The smallest absolute Gasteiger partial charge is 0.394 e. The average molecular weight is 689 g/mol. The third-order valence-electron chi connectivity index (χ3n) is 7.22. The number of hydrogen-bond acceptors (Lipinski definition) is 18. The first-order valence-corrected chi connectivity index (χ1v) is 16.1. The molecule has 0 aromatic carbocycles. The number of phosphoric ester groups is 1. The van der Waals surface area contributed by atoms with Crippen LogP contribution >= 0.6 is 15.9 Å². The number of aliphatic hydroxyl groups is 3. The Morgan fingerprint density at radius 2 is 1.70 bits per heavy atom. The van der Waals surface area contributed by atoms with Crippen molar-refractivity contribution in [3.8, 4) is 0 Å². The van der Waals surface area contributed by atoms with Gasteiger partial charge in [0, 0.05) is 0 Å². The Labute approximate surface area is 256 Å². The van der Waals surface area contributed by atoms with Crippen LogP contribution in [-0.4, -0.2) is 120 Å². The Morgan fingerprint density at radius 3 is 2.41 bits per heavy atom. The summed E-state index contributed by atoms with van der Waals surface area (Å²) in [6.45, 7) is -1.54. The van der Waals surface area contributed by atoms with E-state index in [-0.39, 0.29) is 34.1 Å². The lowest BCUT2D eigenvalue weighted by atomic mass is 10.1. The van der Waals surface area contributed by atoms with Crippen LogP contribution in [0.5, 0.6) is 0 Å². The minimum absolute atomic E-state index is 0.0580. The van der Waals surface area contributed by atoms with E-state index in [0.717, 1.165) is 12.7 Å². The van der Waals surface area contributed by atoms with E-state index in [4.69, 9.17) is 34.7 Å². The van der Waals surface area contributed by atoms with Crippen LogP contribution in [0.15, 0.2) is 23.8 Å². The van der Waals surface area contributed by atoms with Crippen molar-refractivity contribution in [3.63, 3.8) is 0 Å². The van der Waals surface area contributed by atoms with Crippen molar-refractivity contribution in [2.45, 2.75) is 49.1 Å². The number of aromatic nitrogens is 8. The zero-order valence-electron chi connectivity index (χ0n) is 23.2. The molecule has 0 amide bonds. The first-order valence-electron chi connectivity index (χ1n) is 13.2. The van der Waals surface area contributed by atoms with Gasteiger partial charge in [0.2, 0.25) is 5.95 Å². The predicted molar refractivity (Wildman–Crippen MR) is 149 cm³/mol. The summed E-state index contributed by atoms with van der Waals surface area (Å²) < 4.78 is 54.0. The van der Waals surface area contributed by atoms with Gasteiger partial charge in [0.1, 0.15) is 48.5 Å². The van der Waals surface area contributed by atoms with Gasteiger partial charge in [-0.25, -0.2) is 24.5 Å². The van der Waals surface area contributed by atoms with E-state index in [0.29, 0.717) is 0 Å². The lowest BCUT2D eigenvalue weighted by Gasteiger charge is -2.23. The second-order valence-electron chi connectivity index (χ2n) is 10.1. The summed E-state index contributed by atoms with van der Waals surface area (Å²) in [6, 6.07) is 0. The lowest BCUT2D eigenvalue weighted by molar-refractivity contribution is -0.0649. The van der Waals surface area contributed by atoms with Crippen molar-refractivity contribution < 1.29 is 57.5 Å². The standard InChI is InChI=1S/C21H26N10O13P2/c22-15-9-16(25-3-24-15)30(4-26-9)19-12(34)13(7(1-32)42-19)44-46(38,39)41-2-8-11(33)14(40-6-45(36)37)20(43-8)31-5-27-10-17(31)28-21(23)29-18(10)35/h3-5,7-8,11-14,19-20,32-34H,1-2,6H2,(H6-,22,23,24,25,28,29,35,36,37,38,39)/p+1/t7-,8-,11?,12?,13?,14?,19-,20-/m1/s1. The van der Waals surface area contributed by atoms with Gasteiger partial charge in [-0.3, -0.25) is 28.0 Å². The van der Waals surface area contributed by atoms with Crippen molar-refractivity contribution >= 4 is 49.9 Å². The maximum Gasteiger partial charge on any atom is 0.534 e. The molecule has 0 spiro atoms. The molecule has 0 radical (unpaired) electrons. The van der Waals surface area contributed by atoms with Crippen LogP contribution in [0.3, 0.4) is 0 Å². The van der Waals surface area contributed by atoms with Crippen molar-refractivity contribution in [1.82, 2.24) is 39.0 Å². The minimum Gasteiger partial charge on any atom is -0.394 e. The summed E-state index contributed by atoms with van der Waals surface area (Å²) in [7, 11) is -7.89. The molecule has 10 N–H and O–H groups in total. The highest BCUT2D eigenvalue weighted by Crippen LogP contribution is 2.49. The van der Waals surface area contributed by atoms with Crippen LogP contribution in [0, 0.1) is 0 Å². The summed E-state index contributed by atoms with van der Waals surface area (Å²) in [5, 5.41) is 31.8. The summed E-state index contributed by atoms with van der Waals surface area (Å²) in [4.78, 5) is 54.3. The monoisotopic (exact) mass is 689 g/mol. The highest BCUT2D eigenvalue weighted by molar-refractivity contribution is 7.47. The van der Waals surface area contributed by atoms with E-state index in [2.05, 4.69) is 29.9 Å². The van der Waals surface area contributed by atoms with Gasteiger partial charge in [-0.1, -0.05) is 0 Å².